The molecule has 228 valence electrons. The predicted octanol–water partition coefficient (Wildman–Crippen LogP) is 3.15. The van der Waals surface area contributed by atoms with Crippen molar-refractivity contribution >= 4 is 0 Å². The first-order valence-corrected chi connectivity index (χ1v) is 14.0. The minimum Gasteiger partial charge on any atom is -0.497 e. The molecule has 4 unspecified atom stereocenters. The molecule has 4 atom stereocenters. The van der Waals surface area contributed by atoms with Crippen molar-refractivity contribution in [3.05, 3.63) is 128 Å². The molecule has 1 aliphatic rings. The molecule has 44 heavy (non-hydrogen) atoms. The summed E-state index contributed by atoms with van der Waals surface area (Å²) in [6.45, 7) is 1.32. The van der Waals surface area contributed by atoms with Gasteiger partial charge in [-0.3, -0.25) is 14.3 Å². The first-order chi connectivity index (χ1) is 21.3. The topological polar surface area (TPSA) is 121 Å². The molecule has 2 N–H and O–H groups in total. The Morgan fingerprint density at radius 2 is 1.50 bits per heavy atom. The van der Waals surface area contributed by atoms with E-state index in [-0.39, 0.29) is 13.2 Å². The number of hydrogen-bond acceptors (Lipinski definition) is 8. The number of nitrogens with zero attached hydrogens (tertiary/aromatic N) is 1. The number of H-pyrrole nitrogens is 1. The average molecular weight is 599 g/mol. The van der Waals surface area contributed by atoms with E-state index in [1.807, 2.05) is 78.9 Å². The number of terminal acetylenes is 1. The molecule has 0 bridgehead atoms. The Kier molecular flexibility index (Phi) is 9.32. The fraction of sp³-hybridized carbons (Fsp3) is 0.294. The number of aromatic amines is 1. The van der Waals surface area contributed by atoms with E-state index >= 15 is 0 Å². The van der Waals surface area contributed by atoms with Gasteiger partial charge in [-0.15, -0.1) is 6.42 Å². The Morgan fingerprint density at radius 3 is 2.05 bits per heavy atom. The number of aromatic nitrogens is 2. The summed E-state index contributed by atoms with van der Waals surface area (Å²) in [5.41, 5.74) is 0.327. The molecule has 2 heterocycles. The quantitative estimate of drug-likeness (QED) is 0.200. The van der Waals surface area contributed by atoms with Crippen LogP contribution in [0.25, 0.3) is 0 Å². The highest BCUT2D eigenvalue weighted by atomic mass is 16.6. The Balaban J connectivity index is 1.58. The molecule has 1 aromatic heterocycles. The zero-order chi connectivity index (χ0) is 31.3. The summed E-state index contributed by atoms with van der Waals surface area (Å²) in [5, 5.41) is 11.4. The maximum absolute atomic E-state index is 12.8. The van der Waals surface area contributed by atoms with Crippen LogP contribution >= 0.6 is 0 Å². The largest absolute Gasteiger partial charge is 0.497 e. The number of aryl methyl sites for hydroxylation is 1. The van der Waals surface area contributed by atoms with Crippen molar-refractivity contribution in [3.8, 4) is 23.8 Å². The average Bonchev–Trinajstić information content (AvgIpc) is 3.37. The molecule has 1 aliphatic heterocycles. The molecule has 4 aromatic rings. The van der Waals surface area contributed by atoms with Crippen LogP contribution in [0.4, 0.5) is 0 Å². The monoisotopic (exact) mass is 598 g/mol. The molecular formula is C34H34N2O8. The molecule has 10 nitrogen and oxygen atoms in total. The van der Waals surface area contributed by atoms with E-state index in [0.717, 1.165) is 16.7 Å². The molecule has 1 saturated heterocycles. The number of ether oxygens (including phenoxy) is 5. The van der Waals surface area contributed by atoms with Crippen LogP contribution in [0.2, 0.25) is 0 Å². The van der Waals surface area contributed by atoms with E-state index in [1.165, 1.54) is 10.8 Å². The second kappa shape index (κ2) is 13.3. The van der Waals surface area contributed by atoms with Crippen LogP contribution < -0.4 is 20.7 Å². The summed E-state index contributed by atoms with van der Waals surface area (Å²) >= 11 is 0. The number of nitrogens with one attached hydrogen (secondary N) is 1. The molecule has 10 heteroatoms. The van der Waals surface area contributed by atoms with Crippen LogP contribution in [0.3, 0.4) is 0 Å². The number of aliphatic hydroxyl groups is 1. The van der Waals surface area contributed by atoms with Gasteiger partial charge in [0.05, 0.1) is 20.8 Å². The van der Waals surface area contributed by atoms with E-state index in [1.54, 1.807) is 21.1 Å². The lowest BCUT2D eigenvalue weighted by molar-refractivity contribution is -0.0973. The van der Waals surface area contributed by atoms with Gasteiger partial charge in [0.1, 0.15) is 42.0 Å². The van der Waals surface area contributed by atoms with Crippen LogP contribution in [-0.2, 0) is 19.8 Å². The summed E-state index contributed by atoms with van der Waals surface area (Å²) in [6, 6.07) is 24.8. The van der Waals surface area contributed by atoms with Gasteiger partial charge >= 0.3 is 5.69 Å². The van der Waals surface area contributed by atoms with Crippen LogP contribution in [0.15, 0.2) is 94.6 Å². The van der Waals surface area contributed by atoms with Crippen LogP contribution in [0.1, 0.15) is 28.5 Å². The highest BCUT2D eigenvalue weighted by Crippen LogP contribution is 2.43. The lowest BCUT2D eigenvalue weighted by Crippen LogP contribution is -2.41. The summed E-state index contributed by atoms with van der Waals surface area (Å²) in [5.74, 6) is 3.75. The molecule has 0 spiro atoms. The van der Waals surface area contributed by atoms with Crippen LogP contribution in [-0.4, -0.2) is 60.4 Å². The van der Waals surface area contributed by atoms with Crippen molar-refractivity contribution in [1.82, 2.24) is 9.55 Å². The number of benzene rings is 3. The summed E-state index contributed by atoms with van der Waals surface area (Å²) in [4.78, 5) is 27.1. The predicted molar refractivity (Wildman–Crippen MR) is 163 cm³/mol. The SMILES string of the molecule is C#CCOC1C(O)C(COC(c2ccccc2)(c2ccc(OC)cc2)c2ccc(OC)cc2)OC1n1cc(C)c(=O)[nH]c1=O. The molecule has 0 aliphatic carbocycles. The maximum Gasteiger partial charge on any atom is 0.330 e. The van der Waals surface area contributed by atoms with E-state index < -0.39 is 41.4 Å². The fourth-order valence-electron chi connectivity index (χ4n) is 5.46. The maximum atomic E-state index is 12.8. The second-order valence-corrected chi connectivity index (χ2v) is 10.3. The van der Waals surface area contributed by atoms with Gasteiger partial charge in [0.25, 0.3) is 5.56 Å². The van der Waals surface area contributed by atoms with Gasteiger partial charge in [-0.25, -0.2) is 4.79 Å². The van der Waals surface area contributed by atoms with Gasteiger partial charge in [0.2, 0.25) is 0 Å². The standard InChI is InChI=1S/C34H34N2O8/c1-5-19-42-30-29(37)28(44-32(30)36-20-22(2)31(38)35-33(36)39)21-43-34(23-9-7-6-8-10-23,24-11-15-26(40-3)16-12-24)25-13-17-27(41-4)18-14-25/h1,6-18,20,28-30,32,37H,19,21H2,2-4H3,(H,35,38,39). The Labute approximate surface area is 254 Å². The van der Waals surface area contributed by atoms with Gasteiger partial charge in [-0.1, -0.05) is 60.5 Å². The third kappa shape index (κ3) is 5.91. The van der Waals surface area contributed by atoms with Crippen molar-refractivity contribution < 1.29 is 28.8 Å². The fourth-order valence-corrected chi connectivity index (χ4v) is 5.46. The molecule has 0 amide bonds. The normalized spacial score (nSPS) is 19.8. The third-order valence-electron chi connectivity index (χ3n) is 7.73. The molecule has 0 radical (unpaired) electrons. The summed E-state index contributed by atoms with van der Waals surface area (Å²) < 4.78 is 30.9. The first-order valence-electron chi connectivity index (χ1n) is 14.0. The van der Waals surface area contributed by atoms with Crippen LogP contribution in [0.5, 0.6) is 11.5 Å². The van der Waals surface area contributed by atoms with Crippen molar-refractivity contribution in [2.45, 2.75) is 37.1 Å². The minimum atomic E-state index is -1.23. The number of hydrogen-bond donors (Lipinski definition) is 2. The highest BCUT2D eigenvalue weighted by molar-refractivity contribution is 5.49. The van der Waals surface area contributed by atoms with E-state index in [9.17, 15) is 14.7 Å². The van der Waals surface area contributed by atoms with Gasteiger partial charge in [0.15, 0.2) is 6.23 Å². The number of methoxy groups -OCH3 is 2. The van der Waals surface area contributed by atoms with Crippen molar-refractivity contribution in [3.63, 3.8) is 0 Å². The van der Waals surface area contributed by atoms with E-state index in [0.29, 0.717) is 17.1 Å². The lowest BCUT2D eigenvalue weighted by atomic mass is 9.80. The minimum absolute atomic E-state index is 0.113. The summed E-state index contributed by atoms with van der Waals surface area (Å²) in [6.07, 6.45) is 2.54. The van der Waals surface area contributed by atoms with Crippen LogP contribution in [0, 0.1) is 19.3 Å². The van der Waals surface area contributed by atoms with Gasteiger partial charge < -0.3 is 28.8 Å². The van der Waals surface area contributed by atoms with Gasteiger partial charge in [-0.05, 0) is 47.9 Å². The smallest absolute Gasteiger partial charge is 0.330 e. The van der Waals surface area contributed by atoms with E-state index in [2.05, 4.69) is 10.9 Å². The van der Waals surface area contributed by atoms with Crippen molar-refractivity contribution in [1.29, 1.82) is 0 Å². The zero-order valence-electron chi connectivity index (χ0n) is 24.6. The molecule has 1 fully saturated rings. The molecule has 5 rings (SSSR count). The first kappa shape index (κ1) is 30.8. The Hall–Kier alpha value is -4.66. The number of aliphatic hydroxyl groups excluding tert-OH is 1. The summed E-state index contributed by atoms with van der Waals surface area (Å²) in [7, 11) is 3.20. The molecule has 0 saturated carbocycles. The Bertz CT molecular complexity index is 1660. The van der Waals surface area contributed by atoms with Gasteiger partial charge in [0, 0.05) is 11.8 Å². The number of rotatable bonds is 11. The second-order valence-electron chi connectivity index (χ2n) is 10.3. The lowest BCUT2D eigenvalue weighted by Gasteiger charge is -2.37. The third-order valence-corrected chi connectivity index (χ3v) is 7.73. The Morgan fingerprint density at radius 1 is 0.932 bits per heavy atom. The molecular weight excluding hydrogens is 564 g/mol. The van der Waals surface area contributed by atoms with E-state index in [4.69, 9.17) is 30.1 Å². The molecule has 3 aromatic carbocycles. The zero-order valence-corrected chi connectivity index (χ0v) is 24.6. The van der Waals surface area contributed by atoms with Gasteiger partial charge in [-0.2, -0.15) is 0 Å². The highest BCUT2D eigenvalue weighted by Gasteiger charge is 2.48. The van der Waals surface area contributed by atoms with Crippen molar-refractivity contribution in [2.75, 3.05) is 27.4 Å². The van der Waals surface area contributed by atoms with Crippen molar-refractivity contribution in [2.24, 2.45) is 0 Å².